The largest absolute Gasteiger partial charge is 0.468 e. The molecule has 2 aromatic carbocycles. The minimum absolute atomic E-state index is 0.140. The first kappa shape index (κ1) is 19.0. The number of benzene rings is 2. The quantitative estimate of drug-likeness (QED) is 0.767. The highest BCUT2D eigenvalue weighted by molar-refractivity contribution is 7.92. The molecule has 0 spiro atoms. The van der Waals surface area contributed by atoms with Crippen molar-refractivity contribution in [2.45, 2.75) is 32.6 Å². The maximum atomic E-state index is 13.2. The van der Waals surface area contributed by atoms with Crippen molar-refractivity contribution < 1.29 is 17.9 Å². The molecule has 0 fully saturated rings. The van der Waals surface area contributed by atoms with Crippen LogP contribution in [0.15, 0.2) is 41.3 Å². The Kier molecular flexibility index (Phi) is 5.52. The second kappa shape index (κ2) is 7.27. The third-order valence-electron chi connectivity index (χ3n) is 3.99. The van der Waals surface area contributed by atoms with Gasteiger partial charge in [-0.25, -0.2) is 8.42 Å². The van der Waals surface area contributed by atoms with E-state index in [1.54, 1.807) is 24.3 Å². The van der Waals surface area contributed by atoms with Crippen LogP contribution in [0.4, 0.5) is 5.69 Å². The van der Waals surface area contributed by atoms with Crippen LogP contribution < -0.4 is 4.31 Å². The molecule has 6 heteroatoms. The van der Waals surface area contributed by atoms with E-state index in [4.69, 9.17) is 4.74 Å². The maximum absolute atomic E-state index is 13.2. The lowest BCUT2D eigenvalue weighted by Crippen LogP contribution is -2.37. The summed E-state index contributed by atoms with van der Waals surface area (Å²) in [6.45, 7) is 7.13. The Bertz CT molecular complexity index is 863. The van der Waals surface area contributed by atoms with Crippen LogP contribution in [0.25, 0.3) is 0 Å². The van der Waals surface area contributed by atoms with Gasteiger partial charge in [0.1, 0.15) is 6.54 Å². The number of rotatable bonds is 5. The number of carbonyl (C=O) groups is 1. The van der Waals surface area contributed by atoms with Gasteiger partial charge in [0.05, 0.1) is 17.7 Å². The molecule has 0 aromatic heterocycles. The lowest BCUT2D eigenvalue weighted by atomic mass is 10.1. The van der Waals surface area contributed by atoms with Gasteiger partial charge < -0.3 is 4.74 Å². The first-order chi connectivity index (χ1) is 11.7. The van der Waals surface area contributed by atoms with Crippen molar-refractivity contribution in [2.75, 3.05) is 18.0 Å². The molecule has 0 N–H and O–H groups in total. The number of methoxy groups -OCH3 is 1. The van der Waals surface area contributed by atoms with Gasteiger partial charge >= 0.3 is 5.97 Å². The zero-order valence-electron chi connectivity index (χ0n) is 15.2. The summed E-state index contributed by atoms with van der Waals surface area (Å²) in [5.74, 6) is -0.616. The Morgan fingerprint density at radius 2 is 1.48 bits per heavy atom. The Labute approximate surface area is 149 Å². The highest BCUT2D eigenvalue weighted by Crippen LogP contribution is 2.31. The molecule has 0 amide bonds. The predicted octanol–water partition coefficient (Wildman–Crippen LogP) is 3.29. The van der Waals surface area contributed by atoms with E-state index in [1.807, 2.05) is 39.8 Å². The first-order valence-corrected chi connectivity index (χ1v) is 9.35. The van der Waals surface area contributed by atoms with Crippen molar-refractivity contribution >= 4 is 21.7 Å². The molecule has 0 heterocycles. The molecule has 0 bridgehead atoms. The van der Waals surface area contributed by atoms with Crippen LogP contribution in [0.2, 0.25) is 0 Å². The highest BCUT2D eigenvalue weighted by atomic mass is 32.2. The summed E-state index contributed by atoms with van der Waals surface area (Å²) in [7, 11) is -2.66. The molecule has 25 heavy (non-hydrogen) atoms. The third kappa shape index (κ3) is 4.02. The molecule has 0 atom stereocenters. The highest BCUT2D eigenvalue weighted by Gasteiger charge is 2.29. The number of sulfonamides is 1. The van der Waals surface area contributed by atoms with E-state index in [0.717, 1.165) is 26.6 Å². The second-order valence-corrected chi connectivity index (χ2v) is 8.01. The third-order valence-corrected chi connectivity index (χ3v) is 5.75. The summed E-state index contributed by atoms with van der Waals surface area (Å²) in [6, 6.07) is 10.4. The van der Waals surface area contributed by atoms with Crippen LogP contribution in [-0.4, -0.2) is 28.0 Å². The van der Waals surface area contributed by atoms with Gasteiger partial charge in [-0.3, -0.25) is 9.10 Å². The zero-order chi connectivity index (χ0) is 18.8. The van der Waals surface area contributed by atoms with Crippen LogP contribution in [0, 0.1) is 27.7 Å². The van der Waals surface area contributed by atoms with Gasteiger partial charge in [-0.05, 0) is 51.0 Å². The molecule has 0 aliphatic carbocycles. The fourth-order valence-corrected chi connectivity index (χ4v) is 4.41. The lowest BCUT2D eigenvalue weighted by molar-refractivity contribution is -0.138. The van der Waals surface area contributed by atoms with Crippen LogP contribution in [0.5, 0.6) is 0 Å². The molecular formula is C19H23NO4S. The van der Waals surface area contributed by atoms with E-state index >= 15 is 0 Å². The van der Waals surface area contributed by atoms with Gasteiger partial charge in [-0.2, -0.15) is 0 Å². The predicted molar refractivity (Wildman–Crippen MR) is 98.4 cm³/mol. The van der Waals surface area contributed by atoms with Crippen molar-refractivity contribution in [3.63, 3.8) is 0 Å². The van der Waals surface area contributed by atoms with Gasteiger partial charge in [0.2, 0.25) is 0 Å². The molecule has 0 unspecified atom stereocenters. The van der Waals surface area contributed by atoms with Gasteiger partial charge in [-0.1, -0.05) is 35.4 Å². The number of nitrogens with zero attached hydrogens (tertiary/aromatic N) is 1. The minimum atomic E-state index is -3.90. The molecule has 2 aromatic rings. The molecular weight excluding hydrogens is 338 g/mol. The Morgan fingerprint density at radius 1 is 0.960 bits per heavy atom. The molecule has 0 aliphatic rings. The number of ether oxygens (including phenoxy) is 1. The maximum Gasteiger partial charge on any atom is 0.326 e. The van der Waals surface area contributed by atoms with Crippen molar-refractivity contribution in [1.82, 2.24) is 0 Å². The monoisotopic (exact) mass is 361 g/mol. The fourth-order valence-electron chi connectivity index (χ4n) is 2.87. The van der Waals surface area contributed by atoms with Gasteiger partial charge in [0.25, 0.3) is 10.0 Å². The number of esters is 1. The van der Waals surface area contributed by atoms with Crippen molar-refractivity contribution in [3.05, 3.63) is 58.7 Å². The van der Waals surface area contributed by atoms with E-state index in [9.17, 15) is 13.2 Å². The number of aryl methyl sites for hydroxylation is 4. The molecule has 0 aliphatic heterocycles. The standard InChI is InChI=1S/C19H23NO4S/c1-13-6-8-17(9-7-13)25(22,23)20(12-18(21)24-5)19-15(3)10-14(2)11-16(19)4/h6-11H,12H2,1-5H3. The van der Waals surface area contributed by atoms with E-state index in [2.05, 4.69) is 0 Å². The summed E-state index contributed by atoms with van der Waals surface area (Å²) in [5, 5.41) is 0. The van der Waals surface area contributed by atoms with Crippen LogP contribution in [0.3, 0.4) is 0 Å². The number of anilines is 1. The van der Waals surface area contributed by atoms with E-state index < -0.39 is 16.0 Å². The van der Waals surface area contributed by atoms with Gasteiger partial charge in [0.15, 0.2) is 0 Å². The van der Waals surface area contributed by atoms with Crippen LogP contribution in [0.1, 0.15) is 22.3 Å². The summed E-state index contributed by atoms with van der Waals surface area (Å²) in [6.07, 6.45) is 0. The first-order valence-electron chi connectivity index (χ1n) is 7.91. The molecule has 2 rings (SSSR count). The fraction of sp³-hybridized carbons (Fsp3) is 0.316. The summed E-state index contributed by atoms with van der Waals surface area (Å²) >= 11 is 0. The van der Waals surface area contributed by atoms with Crippen molar-refractivity contribution in [2.24, 2.45) is 0 Å². The van der Waals surface area contributed by atoms with Crippen molar-refractivity contribution in [3.8, 4) is 0 Å². The van der Waals surface area contributed by atoms with Gasteiger partial charge in [-0.15, -0.1) is 0 Å². The smallest absolute Gasteiger partial charge is 0.326 e. The van der Waals surface area contributed by atoms with E-state index in [0.29, 0.717) is 5.69 Å². The summed E-state index contributed by atoms with van der Waals surface area (Å²) < 4.78 is 32.2. The average Bonchev–Trinajstić information content (AvgIpc) is 2.53. The second-order valence-electron chi connectivity index (χ2n) is 6.15. The SMILES string of the molecule is COC(=O)CN(c1c(C)cc(C)cc1C)S(=O)(=O)c1ccc(C)cc1. The van der Waals surface area contributed by atoms with E-state index in [1.165, 1.54) is 7.11 Å². The topological polar surface area (TPSA) is 63.7 Å². The molecule has 134 valence electrons. The molecule has 0 saturated carbocycles. The Hall–Kier alpha value is -2.34. The van der Waals surface area contributed by atoms with Gasteiger partial charge in [0, 0.05) is 0 Å². The van der Waals surface area contributed by atoms with Crippen molar-refractivity contribution in [1.29, 1.82) is 0 Å². The lowest BCUT2D eigenvalue weighted by Gasteiger charge is -2.27. The van der Waals surface area contributed by atoms with Crippen LogP contribution in [-0.2, 0) is 19.6 Å². The Morgan fingerprint density at radius 3 is 1.96 bits per heavy atom. The normalized spacial score (nSPS) is 11.2. The number of hydrogen-bond donors (Lipinski definition) is 0. The molecule has 5 nitrogen and oxygen atoms in total. The number of carbonyl (C=O) groups excluding carboxylic acids is 1. The average molecular weight is 361 g/mol. The zero-order valence-corrected chi connectivity index (χ0v) is 16.0. The Balaban J connectivity index is 2.65. The molecule has 0 radical (unpaired) electrons. The number of hydrogen-bond acceptors (Lipinski definition) is 4. The summed E-state index contributed by atoms with van der Waals surface area (Å²) in [4.78, 5) is 12.0. The van der Waals surface area contributed by atoms with E-state index in [-0.39, 0.29) is 11.4 Å². The molecule has 0 saturated heterocycles. The summed E-state index contributed by atoms with van der Waals surface area (Å²) in [5.41, 5.74) is 4.08. The minimum Gasteiger partial charge on any atom is -0.468 e. The van der Waals surface area contributed by atoms with Crippen LogP contribution >= 0.6 is 0 Å².